The predicted octanol–water partition coefficient (Wildman–Crippen LogP) is 2.28. The van der Waals surface area contributed by atoms with Gasteiger partial charge in [0.05, 0.1) is 0 Å². The summed E-state index contributed by atoms with van der Waals surface area (Å²) < 4.78 is 5.75. The lowest BCUT2D eigenvalue weighted by Crippen LogP contribution is -2.43. The monoisotopic (exact) mass is 255 g/mol. The Bertz CT molecular complexity index is 507. The van der Waals surface area contributed by atoms with Gasteiger partial charge in [-0.15, -0.1) is 0 Å². The van der Waals surface area contributed by atoms with Crippen molar-refractivity contribution in [1.82, 2.24) is 10.3 Å². The third kappa shape index (κ3) is 3.03. The van der Waals surface area contributed by atoms with Gasteiger partial charge in [0.15, 0.2) is 0 Å². The van der Waals surface area contributed by atoms with Crippen molar-refractivity contribution < 1.29 is 4.74 Å². The average molecular weight is 255 g/mol. The summed E-state index contributed by atoms with van der Waals surface area (Å²) >= 11 is 0. The Morgan fingerprint density at radius 2 is 1.53 bits per heavy atom. The highest BCUT2D eigenvalue weighted by Crippen LogP contribution is 2.24. The van der Waals surface area contributed by atoms with Crippen LogP contribution < -0.4 is 15.0 Å². The molecule has 2 heterocycles. The van der Waals surface area contributed by atoms with Gasteiger partial charge in [-0.1, -0.05) is 0 Å². The number of piperazine rings is 1. The summed E-state index contributed by atoms with van der Waals surface area (Å²) in [7, 11) is 0. The van der Waals surface area contributed by atoms with E-state index in [2.05, 4.69) is 27.3 Å². The van der Waals surface area contributed by atoms with Crippen molar-refractivity contribution in [2.75, 3.05) is 31.1 Å². The molecule has 0 spiro atoms. The molecule has 0 radical (unpaired) electrons. The van der Waals surface area contributed by atoms with Crippen molar-refractivity contribution in [3.8, 4) is 11.5 Å². The summed E-state index contributed by atoms with van der Waals surface area (Å²) in [5.74, 6) is 1.66. The normalized spacial score (nSPS) is 15.3. The van der Waals surface area contributed by atoms with Crippen LogP contribution in [0.25, 0.3) is 0 Å². The number of rotatable bonds is 3. The SMILES string of the molecule is c1cc(Oc2ccc(N3CCNCC3)cc2)ccn1. The molecule has 4 nitrogen and oxygen atoms in total. The van der Waals surface area contributed by atoms with E-state index in [1.165, 1.54) is 5.69 Å². The second kappa shape index (κ2) is 5.71. The maximum absolute atomic E-state index is 5.75. The maximum Gasteiger partial charge on any atom is 0.130 e. The number of hydrogen-bond acceptors (Lipinski definition) is 4. The van der Waals surface area contributed by atoms with E-state index in [0.717, 1.165) is 37.7 Å². The highest BCUT2D eigenvalue weighted by Gasteiger charge is 2.10. The fourth-order valence-corrected chi connectivity index (χ4v) is 2.19. The molecule has 1 aliphatic heterocycles. The fourth-order valence-electron chi connectivity index (χ4n) is 2.19. The van der Waals surface area contributed by atoms with Crippen molar-refractivity contribution in [3.63, 3.8) is 0 Å². The predicted molar refractivity (Wildman–Crippen MR) is 75.8 cm³/mol. The molecule has 1 N–H and O–H groups in total. The van der Waals surface area contributed by atoms with Crippen LogP contribution in [0.3, 0.4) is 0 Å². The van der Waals surface area contributed by atoms with E-state index in [9.17, 15) is 0 Å². The van der Waals surface area contributed by atoms with Crippen LogP contribution >= 0.6 is 0 Å². The zero-order valence-electron chi connectivity index (χ0n) is 10.7. The number of hydrogen-bond donors (Lipinski definition) is 1. The van der Waals surface area contributed by atoms with E-state index in [1.54, 1.807) is 12.4 Å². The van der Waals surface area contributed by atoms with E-state index >= 15 is 0 Å². The van der Waals surface area contributed by atoms with E-state index in [-0.39, 0.29) is 0 Å². The number of nitrogens with zero attached hydrogens (tertiary/aromatic N) is 2. The van der Waals surface area contributed by atoms with Crippen molar-refractivity contribution in [1.29, 1.82) is 0 Å². The summed E-state index contributed by atoms with van der Waals surface area (Å²) in [5, 5.41) is 3.36. The van der Waals surface area contributed by atoms with Crippen LogP contribution in [0.5, 0.6) is 11.5 Å². The average Bonchev–Trinajstić information content (AvgIpc) is 2.50. The quantitative estimate of drug-likeness (QED) is 0.913. The van der Waals surface area contributed by atoms with Gasteiger partial charge in [-0.2, -0.15) is 0 Å². The van der Waals surface area contributed by atoms with E-state index in [1.807, 2.05) is 24.3 Å². The van der Waals surface area contributed by atoms with E-state index < -0.39 is 0 Å². The molecule has 1 aromatic heterocycles. The molecule has 19 heavy (non-hydrogen) atoms. The molecule has 4 heteroatoms. The first-order chi connectivity index (χ1) is 9.42. The van der Waals surface area contributed by atoms with Crippen molar-refractivity contribution in [2.45, 2.75) is 0 Å². The summed E-state index contributed by atoms with van der Waals surface area (Å²) in [4.78, 5) is 6.35. The van der Waals surface area contributed by atoms with Crippen LogP contribution in [0.2, 0.25) is 0 Å². The van der Waals surface area contributed by atoms with E-state index in [4.69, 9.17) is 4.74 Å². The summed E-state index contributed by atoms with van der Waals surface area (Å²) in [6, 6.07) is 12.0. The van der Waals surface area contributed by atoms with Gasteiger partial charge < -0.3 is 15.0 Å². The smallest absolute Gasteiger partial charge is 0.130 e. The number of anilines is 1. The number of nitrogens with one attached hydrogen (secondary N) is 1. The van der Waals surface area contributed by atoms with Crippen LogP contribution in [0, 0.1) is 0 Å². The molecule has 1 aliphatic rings. The van der Waals surface area contributed by atoms with Crippen molar-refractivity contribution in [2.24, 2.45) is 0 Å². The standard InChI is InChI=1S/C15H17N3O/c1-3-14(19-15-5-7-16-8-6-15)4-2-13(1)18-11-9-17-10-12-18/h1-8,17H,9-12H2. The molecule has 0 bridgehead atoms. The van der Waals surface area contributed by atoms with Gasteiger partial charge in [-0.25, -0.2) is 0 Å². The minimum Gasteiger partial charge on any atom is -0.457 e. The lowest BCUT2D eigenvalue weighted by atomic mass is 10.2. The highest BCUT2D eigenvalue weighted by molar-refractivity contribution is 5.50. The largest absolute Gasteiger partial charge is 0.457 e. The molecule has 0 atom stereocenters. The zero-order valence-corrected chi connectivity index (χ0v) is 10.7. The van der Waals surface area contributed by atoms with Crippen LogP contribution in [0.15, 0.2) is 48.8 Å². The number of pyridine rings is 1. The molecule has 0 aliphatic carbocycles. The first-order valence-electron chi connectivity index (χ1n) is 6.55. The molecule has 0 amide bonds. The summed E-state index contributed by atoms with van der Waals surface area (Å²) in [6.07, 6.45) is 3.45. The Hall–Kier alpha value is -2.07. The van der Waals surface area contributed by atoms with Gasteiger partial charge in [0.25, 0.3) is 0 Å². The third-order valence-corrected chi connectivity index (χ3v) is 3.20. The Kier molecular flexibility index (Phi) is 3.61. The third-order valence-electron chi connectivity index (χ3n) is 3.20. The Morgan fingerprint density at radius 3 is 2.21 bits per heavy atom. The molecule has 0 unspecified atom stereocenters. The van der Waals surface area contributed by atoms with Crippen LogP contribution in [0.1, 0.15) is 0 Å². The Balaban J connectivity index is 1.68. The molecular formula is C15H17N3O. The van der Waals surface area contributed by atoms with Gasteiger partial charge in [-0.3, -0.25) is 4.98 Å². The Labute approximate surface area is 113 Å². The lowest BCUT2D eigenvalue weighted by molar-refractivity contribution is 0.482. The molecule has 1 aromatic carbocycles. The Morgan fingerprint density at radius 1 is 0.895 bits per heavy atom. The molecule has 1 saturated heterocycles. The van der Waals surface area contributed by atoms with Gasteiger partial charge >= 0.3 is 0 Å². The van der Waals surface area contributed by atoms with Gasteiger partial charge in [-0.05, 0) is 36.4 Å². The van der Waals surface area contributed by atoms with Gasteiger partial charge in [0.1, 0.15) is 11.5 Å². The van der Waals surface area contributed by atoms with E-state index in [0.29, 0.717) is 0 Å². The molecule has 2 aromatic rings. The minimum absolute atomic E-state index is 0.810. The first-order valence-corrected chi connectivity index (χ1v) is 6.55. The van der Waals surface area contributed by atoms with Crippen molar-refractivity contribution >= 4 is 5.69 Å². The number of aromatic nitrogens is 1. The number of ether oxygens (including phenoxy) is 1. The first kappa shape index (κ1) is 12.0. The lowest BCUT2D eigenvalue weighted by Gasteiger charge is -2.29. The molecular weight excluding hydrogens is 238 g/mol. The minimum atomic E-state index is 0.810. The topological polar surface area (TPSA) is 37.4 Å². The van der Waals surface area contributed by atoms with Crippen LogP contribution in [-0.4, -0.2) is 31.2 Å². The van der Waals surface area contributed by atoms with Gasteiger partial charge in [0, 0.05) is 44.3 Å². The molecule has 0 saturated carbocycles. The summed E-state index contributed by atoms with van der Waals surface area (Å²) in [6.45, 7) is 4.22. The molecule has 3 rings (SSSR count). The zero-order chi connectivity index (χ0) is 12.9. The van der Waals surface area contributed by atoms with Crippen molar-refractivity contribution in [3.05, 3.63) is 48.8 Å². The summed E-state index contributed by atoms with van der Waals surface area (Å²) in [5.41, 5.74) is 1.25. The molecule has 98 valence electrons. The second-order valence-electron chi connectivity index (χ2n) is 4.52. The van der Waals surface area contributed by atoms with Crippen LogP contribution in [-0.2, 0) is 0 Å². The second-order valence-corrected chi connectivity index (χ2v) is 4.52. The van der Waals surface area contributed by atoms with Gasteiger partial charge in [0.2, 0.25) is 0 Å². The molecule has 1 fully saturated rings. The maximum atomic E-state index is 5.75. The van der Waals surface area contributed by atoms with Crippen LogP contribution in [0.4, 0.5) is 5.69 Å². The number of benzene rings is 1. The highest BCUT2D eigenvalue weighted by atomic mass is 16.5. The fraction of sp³-hybridized carbons (Fsp3) is 0.267.